The largest absolute Gasteiger partial charge is 0.433 e. The summed E-state index contributed by atoms with van der Waals surface area (Å²) >= 11 is 3.14. The predicted molar refractivity (Wildman–Crippen MR) is 71.0 cm³/mol. The van der Waals surface area contributed by atoms with E-state index >= 15 is 0 Å². The maximum atomic E-state index is 13.6. The molecule has 0 radical (unpaired) electrons. The Bertz CT molecular complexity index is 643. The fourth-order valence-electron chi connectivity index (χ4n) is 1.47. The maximum Gasteiger partial charge on any atom is 0.433 e. The molecule has 1 heterocycles. The Balaban J connectivity index is 2.40. The summed E-state index contributed by atoms with van der Waals surface area (Å²) < 4.78 is 51.8. The van der Waals surface area contributed by atoms with Gasteiger partial charge in [0.25, 0.3) is 0 Å². The molecule has 0 aliphatic heterocycles. The average Bonchev–Trinajstić information content (AvgIpc) is 2.35. The molecular formula is C12H8BrF4N3. The van der Waals surface area contributed by atoms with E-state index < -0.39 is 17.7 Å². The van der Waals surface area contributed by atoms with Crippen molar-refractivity contribution < 1.29 is 17.6 Å². The van der Waals surface area contributed by atoms with Gasteiger partial charge in [0.15, 0.2) is 0 Å². The van der Waals surface area contributed by atoms with Crippen LogP contribution in [0.15, 0.2) is 34.9 Å². The van der Waals surface area contributed by atoms with Gasteiger partial charge in [-0.15, -0.1) is 0 Å². The first-order chi connectivity index (χ1) is 9.27. The van der Waals surface area contributed by atoms with Crippen LogP contribution in [-0.2, 0) is 6.18 Å². The zero-order chi connectivity index (χ0) is 14.9. The van der Waals surface area contributed by atoms with Gasteiger partial charge in [-0.1, -0.05) is 15.9 Å². The standard InChI is InChI=1S/C12H8BrF4N3/c13-6-1-2-7(14)9(3-6)20-10-4-11(12(15,16)17)19-5-8(10)18/h1-5H,18H2,(H,19,20). The second kappa shape index (κ2) is 5.28. The minimum Gasteiger partial charge on any atom is -0.396 e. The van der Waals surface area contributed by atoms with Gasteiger partial charge in [-0.2, -0.15) is 13.2 Å². The van der Waals surface area contributed by atoms with Crippen molar-refractivity contribution in [3.8, 4) is 0 Å². The number of hydrogen-bond donors (Lipinski definition) is 2. The number of nitrogens with one attached hydrogen (secondary N) is 1. The van der Waals surface area contributed by atoms with Gasteiger partial charge in [0.05, 0.1) is 23.3 Å². The SMILES string of the molecule is Nc1cnc(C(F)(F)F)cc1Nc1cc(Br)ccc1F. The number of nitrogen functional groups attached to an aromatic ring is 1. The molecule has 20 heavy (non-hydrogen) atoms. The predicted octanol–water partition coefficient (Wildman–Crippen LogP) is 4.33. The highest BCUT2D eigenvalue weighted by Gasteiger charge is 2.33. The number of aromatic nitrogens is 1. The van der Waals surface area contributed by atoms with E-state index in [-0.39, 0.29) is 17.1 Å². The van der Waals surface area contributed by atoms with Crippen molar-refractivity contribution >= 4 is 33.0 Å². The molecule has 0 spiro atoms. The quantitative estimate of drug-likeness (QED) is 0.793. The van der Waals surface area contributed by atoms with E-state index in [1.54, 1.807) is 0 Å². The van der Waals surface area contributed by atoms with Crippen molar-refractivity contribution in [1.82, 2.24) is 4.98 Å². The first-order valence-electron chi connectivity index (χ1n) is 5.32. The number of nitrogens with two attached hydrogens (primary N) is 1. The topological polar surface area (TPSA) is 50.9 Å². The van der Waals surface area contributed by atoms with E-state index in [1.165, 1.54) is 18.2 Å². The van der Waals surface area contributed by atoms with Gasteiger partial charge in [0, 0.05) is 4.47 Å². The van der Waals surface area contributed by atoms with Gasteiger partial charge >= 0.3 is 6.18 Å². The van der Waals surface area contributed by atoms with E-state index in [0.29, 0.717) is 4.47 Å². The highest BCUT2D eigenvalue weighted by atomic mass is 79.9. The zero-order valence-electron chi connectivity index (χ0n) is 9.80. The fraction of sp³-hybridized carbons (Fsp3) is 0.0833. The monoisotopic (exact) mass is 349 g/mol. The van der Waals surface area contributed by atoms with Crippen LogP contribution in [-0.4, -0.2) is 4.98 Å². The van der Waals surface area contributed by atoms with Crippen molar-refractivity contribution in [2.75, 3.05) is 11.1 Å². The summed E-state index contributed by atoms with van der Waals surface area (Å²) in [5.41, 5.74) is 4.36. The minimum atomic E-state index is -4.60. The molecule has 106 valence electrons. The molecule has 2 rings (SSSR count). The highest BCUT2D eigenvalue weighted by Crippen LogP contribution is 2.33. The van der Waals surface area contributed by atoms with Gasteiger partial charge in [-0.3, -0.25) is 0 Å². The molecule has 1 aromatic heterocycles. The number of hydrogen-bond acceptors (Lipinski definition) is 3. The van der Waals surface area contributed by atoms with Crippen LogP contribution in [0.5, 0.6) is 0 Å². The molecule has 0 atom stereocenters. The van der Waals surface area contributed by atoms with Crippen LogP contribution < -0.4 is 11.1 Å². The Morgan fingerprint density at radius 3 is 2.50 bits per heavy atom. The number of anilines is 3. The summed E-state index contributed by atoms with van der Waals surface area (Å²) in [7, 11) is 0. The molecule has 0 bridgehead atoms. The number of alkyl halides is 3. The Kier molecular flexibility index (Phi) is 3.85. The molecule has 0 aliphatic carbocycles. The normalized spacial score (nSPS) is 11.4. The van der Waals surface area contributed by atoms with Crippen molar-refractivity contribution in [2.24, 2.45) is 0 Å². The average molecular weight is 350 g/mol. The van der Waals surface area contributed by atoms with Gasteiger partial charge in [0.1, 0.15) is 11.5 Å². The molecule has 2 aromatic rings. The molecule has 0 unspecified atom stereocenters. The third-order valence-corrected chi connectivity index (χ3v) is 2.92. The molecule has 0 saturated carbocycles. The Hall–Kier alpha value is -1.83. The van der Waals surface area contributed by atoms with Crippen LogP contribution in [0.25, 0.3) is 0 Å². The summed E-state index contributed by atoms with van der Waals surface area (Å²) in [6.45, 7) is 0. The van der Waals surface area contributed by atoms with Crippen molar-refractivity contribution in [2.45, 2.75) is 6.18 Å². The van der Waals surface area contributed by atoms with E-state index in [4.69, 9.17) is 5.73 Å². The van der Waals surface area contributed by atoms with Crippen molar-refractivity contribution in [1.29, 1.82) is 0 Å². The lowest BCUT2D eigenvalue weighted by Crippen LogP contribution is -2.09. The molecule has 1 aromatic carbocycles. The molecular weight excluding hydrogens is 342 g/mol. The zero-order valence-corrected chi connectivity index (χ0v) is 11.4. The Morgan fingerprint density at radius 2 is 1.85 bits per heavy atom. The maximum absolute atomic E-state index is 13.6. The minimum absolute atomic E-state index is 0.00500. The van der Waals surface area contributed by atoms with E-state index in [0.717, 1.165) is 12.3 Å². The second-order valence-electron chi connectivity index (χ2n) is 3.90. The summed E-state index contributed by atoms with van der Waals surface area (Å²) in [5, 5.41) is 2.52. The summed E-state index contributed by atoms with van der Waals surface area (Å²) in [5.74, 6) is -0.613. The molecule has 8 heteroatoms. The van der Waals surface area contributed by atoms with Gasteiger partial charge in [0.2, 0.25) is 0 Å². The third kappa shape index (κ3) is 3.19. The Morgan fingerprint density at radius 1 is 1.15 bits per heavy atom. The van der Waals surface area contributed by atoms with Crippen LogP contribution in [0.2, 0.25) is 0 Å². The number of benzene rings is 1. The molecule has 0 amide bonds. The second-order valence-corrected chi connectivity index (χ2v) is 4.82. The van der Waals surface area contributed by atoms with Gasteiger partial charge in [-0.25, -0.2) is 9.37 Å². The van der Waals surface area contributed by atoms with E-state index in [9.17, 15) is 17.6 Å². The summed E-state index contributed by atoms with van der Waals surface area (Å²) in [6, 6.07) is 4.77. The number of halogens is 5. The smallest absolute Gasteiger partial charge is 0.396 e. The summed E-state index contributed by atoms with van der Waals surface area (Å²) in [6.07, 6.45) is -3.72. The van der Waals surface area contributed by atoms with E-state index in [2.05, 4.69) is 26.2 Å². The van der Waals surface area contributed by atoms with E-state index in [1.807, 2.05) is 0 Å². The van der Waals surface area contributed by atoms with Crippen LogP contribution >= 0.6 is 15.9 Å². The number of nitrogens with zero attached hydrogens (tertiary/aromatic N) is 1. The number of pyridine rings is 1. The fourth-order valence-corrected chi connectivity index (χ4v) is 1.83. The molecule has 0 saturated heterocycles. The van der Waals surface area contributed by atoms with Crippen molar-refractivity contribution in [3.05, 3.63) is 46.4 Å². The summed E-state index contributed by atoms with van der Waals surface area (Å²) in [4.78, 5) is 3.20. The highest BCUT2D eigenvalue weighted by molar-refractivity contribution is 9.10. The van der Waals surface area contributed by atoms with Gasteiger partial charge < -0.3 is 11.1 Å². The van der Waals surface area contributed by atoms with Crippen LogP contribution in [0.3, 0.4) is 0 Å². The Labute approximate surface area is 119 Å². The lowest BCUT2D eigenvalue weighted by molar-refractivity contribution is -0.141. The molecule has 3 nitrogen and oxygen atoms in total. The van der Waals surface area contributed by atoms with Crippen LogP contribution in [0.4, 0.5) is 34.6 Å². The first kappa shape index (κ1) is 14.6. The first-order valence-corrected chi connectivity index (χ1v) is 6.11. The molecule has 3 N–H and O–H groups in total. The van der Waals surface area contributed by atoms with Crippen LogP contribution in [0.1, 0.15) is 5.69 Å². The number of rotatable bonds is 2. The van der Waals surface area contributed by atoms with Crippen molar-refractivity contribution in [3.63, 3.8) is 0 Å². The molecule has 0 aliphatic rings. The lowest BCUT2D eigenvalue weighted by atomic mass is 10.2. The lowest BCUT2D eigenvalue weighted by Gasteiger charge is -2.13. The van der Waals surface area contributed by atoms with Gasteiger partial charge in [-0.05, 0) is 24.3 Å². The molecule has 0 fully saturated rings. The van der Waals surface area contributed by atoms with Crippen LogP contribution in [0, 0.1) is 5.82 Å². The third-order valence-electron chi connectivity index (χ3n) is 2.42.